The van der Waals surface area contributed by atoms with Gasteiger partial charge >= 0.3 is 5.69 Å². The van der Waals surface area contributed by atoms with Gasteiger partial charge in [0.1, 0.15) is 11.1 Å². The van der Waals surface area contributed by atoms with Crippen LogP contribution < -0.4 is 11.2 Å². The molecule has 0 saturated heterocycles. The van der Waals surface area contributed by atoms with Gasteiger partial charge in [-0.25, -0.2) is 4.79 Å². The van der Waals surface area contributed by atoms with Gasteiger partial charge in [-0.1, -0.05) is 36.4 Å². The second-order valence-corrected chi connectivity index (χ2v) is 5.34. The summed E-state index contributed by atoms with van der Waals surface area (Å²) in [5, 5.41) is 10.0. The lowest BCUT2D eigenvalue weighted by molar-refractivity contribution is 0.476. The molecule has 3 aromatic rings. The van der Waals surface area contributed by atoms with Crippen LogP contribution in [0.5, 0.6) is 5.75 Å². The number of fused-ring (bicyclic) bond motifs is 1. The normalized spacial score (nSPS) is 12.4. The van der Waals surface area contributed by atoms with Gasteiger partial charge in [-0.2, -0.15) is 0 Å². The summed E-state index contributed by atoms with van der Waals surface area (Å²) < 4.78 is 1.16. The van der Waals surface area contributed by atoms with E-state index in [0.717, 1.165) is 10.1 Å². The van der Waals surface area contributed by atoms with Crippen LogP contribution in [-0.2, 0) is 6.42 Å². The summed E-state index contributed by atoms with van der Waals surface area (Å²) in [7, 11) is 0. The molecule has 5 heteroatoms. The van der Waals surface area contributed by atoms with Crippen molar-refractivity contribution in [3.05, 3.63) is 74.9 Å². The Morgan fingerprint density at radius 2 is 1.82 bits per heavy atom. The van der Waals surface area contributed by atoms with Crippen molar-refractivity contribution in [1.29, 1.82) is 0 Å². The summed E-state index contributed by atoms with van der Waals surface area (Å²) in [5.74, 6) is -0.126. The molecule has 1 atom stereocenters. The van der Waals surface area contributed by atoms with Crippen LogP contribution in [-0.4, -0.2) is 14.7 Å². The lowest BCUT2D eigenvalue weighted by Crippen LogP contribution is -2.37. The molecule has 2 N–H and O–H groups in total. The quantitative estimate of drug-likeness (QED) is 0.778. The van der Waals surface area contributed by atoms with E-state index in [2.05, 4.69) is 4.98 Å². The van der Waals surface area contributed by atoms with Gasteiger partial charge < -0.3 is 10.1 Å². The van der Waals surface area contributed by atoms with Crippen LogP contribution in [0.1, 0.15) is 18.5 Å². The van der Waals surface area contributed by atoms with Crippen molar-refractivity contribution in [1.82, 2.24) is 9.55 Å². The number of phenols is 1. The summed E-state index contributed by atoms with van der Waals surface area (Å²) in [6, 6.07) is 14.0. The van der Waals surface area contributed by atoms with E-state index < -0.39 is 11.2 Å². The molecule has 112 valence electrons. The second kappa shape index (κ2) is 5.52. The van der Waals surface area contributed by atoms with Crippen molar-refractivity contribution in [3.8, 4) is 5.75 Å². The molecule has 2 aromatic carbocycles. The molecule has 0 saturated carbocycles. The molecule has 0 radical (unpaired) electrons. The van der Waals surface area contributed by atoms with Crippen LogP contribution >= 0.6 is 0 Å². The largest absolute Gasteiger partial charge is 0.507 e. The maximum Gasteiger partial charge on any atom is 0.329 e. The summed E-state index contributed by atoms with van der Waals surface area (Å²) in [4.78, 5) is 27.5. The number of aromatic amines is 1. The number of hydrogen-bond donors (Lipinski definition) is 2. The minimum atomic E-state index is -0.472. The molecular formula is C17H16N2O3. The number of hydrogen-bond acceptors (Lipinski definition) is 3. The topological polar surface area (TPSA) is 75.1 Å². The maximum atomic E-state index is 12.6. The molecule has 22 heavy (non-hydrogen) atoms. The number of aromatic hydroxyl groups is 1. The number of H-pyrrole nitrogens is 1. The van der Waals surface area contributed by atoms with Crippen LogP contribution in [0.3, 0.4) is 0 Å². The zero-order chi connectivity index (χ0) is 15.7. The Labute approximate surface area is 126 Å². The highest BCUT2D eigenvalue weighted by Crippen LogP contribution is 2.19. The molecule has 1 heterocycles. The Morgan fingerprint density at radius 1 is 1.09 bits per heavy atom. The monoisotopic (exact) mass is 296 g/mol. The predicted octanol–water partition coefficient (Wildman–Crippen LogP) is 2.20. The van der Waals surface area contributed by atoms with Gasteiger partial charge in [-0.3, -0.25) is 9.36 Å². The third-order valence-electron chi connectivity index (χ3n) is 3.75. The molecule has 0 amide bonds. The van der Waals surface area contributed by atoms with Crippen molar-refractivity contribution in [3.63, 3.8) is 0 Å². The molecule has 0 bridgehead atoms. The van der Waals surface area contributed by atoms with Crippen molar-refractivity contribution < 1.29 is 5.11 Å². The van der Waals surface area contributed by atoms with Gasteiger partial charge in [0, 0.05) is 6.04 Å². The second-order valence-electron chi connectivity index (χ2n) is 5.34. The standard InChI is InChI=1S/C17H16N2O3/c1-11(10-12-6-3-2-4-7-12)19-16(21)15-13(18-17(19)22)8-5-9-14(15)20/h2-9,11,20H,10H2,1H3,(H,18,22)/t11-/m0/s1. The Balaban J connectivity index is 2.13. The fraction of sp³-hybridized carbons (Fsp3) is 0.176. The van der Waals surface area contributed by atoms with Gasteiger partial charge in [0.25, 0.3) is 5.56 Å². The molecule has 0 spiro atoms. The minimum Gasteiger partial charge on any atom is -0.507 e. The molecule has 1 aromatic heterocycles. The molecule has 0 aliphatic rings. The van der Waals surface area contributed by atoms with Crippen LogP contribution in [0.25, 0.3) is 10.9 Å². The molecule has 5 nitrogen and oxygen atoms in total. The molecule has 0 aliphatic carbocycles. The summed E-state index contributed by atoms with van der Waals surface area (Å²) >= 11 is 0. The van der Waals surface area contributed by atoms with Gasteiger partial charge in [0.2, 0.25) is 0 Å². The first-order chi connectivity index (χ1) is 10.6. The first kappa shape index (κ1) is 14.1. The smallest absolute Gasteiger partial charge is 0.329 e. The molecule has 3 rings (SSSR count). The zero-order valence-corrected chi connectivity index (χ0v) is 12.1. The lowest BCUT2D eigenvalue weighted by atomic mass is 10.1. The van der Waals surface area contributed by atoms with Crippen LogP contribution in [0, 0.1) is 0 Å². The van der Waals surface area contributed by atoms with E-state index in [-0.39, 0.29) is 17.2 Å². The summed E-state index contributed by atoms with van der Waals surface area (Å²) in [6.45, 7) is 1.81. The molecule has 0 unspecified atom stereocenters. The van der Waals surface area contributed by atoms with Crippen molar-refractivity contribution in [2.75, 3.05) is 0 Å². The fourth-order valence-electron chi connectivity index (χ4n) is 2.70. The van der Waals surface area contributed by atoms with E-state index in [0.29, 0.717) is 11.9 Å². The Morgan fingerprint density at radius 3 is 2.55 bits per heavy atom. The highest BCUT2D eigenvalue weighted by molar-refractivity contribution is 5.83. The van der Waals surface area contributed by atoms with Crippen molar-refractivity contribution in [2.24, 2.45) is 0 Å². The van der Waals surface area contributed by atoms with E-state index in [1.54, 1.807) is 12.1 Å². The van der Waals surface area contributed by atoms with Crippen molar-refractivity contribution in [2.45, 2.75) is 19.4 Å². The average molecular weight is 296 g/mol. The highest BCUT2D eigenvalue weighted by atomic mass is 16.3. The van der Waals surface area contributed by atoms with Gasteiger partial charge in [0.05, 0.1) is 5.52 Å². The van der Waals surface area contributed by atoms with Gasteiger partial charge in [-0.05, 0) is 31.0 Å². The fourth-order valence-corrected chi connectivity index (χ4v) is 2.70. The maximum absolute atomic E-state index is 12.6. The Hall–Kier alpha value is -2.82. The number of nitrogens with zero attached hydrogens (tertiary/aromatic N) is 1. The molecule has 0 fully saturated rings. The number of benzene rings is 2. The van der Waals surface area contributed by atoms with E-state index in [4.69, 9.17) is 0 Å². The highest BCUT2D eigenvalue weighted by Gasteiger charge is 2.15. The first-order valence-corrected chi connectivity index (χ1v) is 7.08. The van der Waals surface area contributed by atoms with Crippen LogP contribution in [0.2, 0.25) is 0 Å². The van der Waals surface area contributed by atoms with Crippen LogP contribution in [0.4, 0.5) is 0 Å². The summed E-state index contributed by atoms with van der Waals surface area (Å²) in [5.41, 5.74) is 0.448. The first-order valence-electron chi connectivity index (χ1n) is 7.08. The SMILES string of the molecule is C[C@@H](Cc1ccccc1)n1c(=O)[nH]c2cccc(O)c2c1=O. The number of rotatable bonds is 3. The third kappa shape index (κ3) is 2.41. The van der Waals surface area contributed by atoms with E-state index >= 15 is 0 Å². The van der Waals surface area contributed by atoms with E-state index in [9.17, 15) is 14.7 Å². The Kier molecular flexibility index (Phi) is 3.55. The van der Waals surface area contributed by atoms with Crippen LogP contribution in [0.15, 0.2) is 58.1 Å². The third-order valence-corrected chi connectivity index (χ3v) is 3.75. The number of phenolic OH excluding ortho intramolecular Hbond substituents is 1. The van der Waals surface area contributed by atoms with Gasteiger partial charge in [-0.15, -0.1) is 0 Å². The molecule has 0 aliphatic heterocycles. The van der Waals surface area contributed by atoms with E-state index in [1.165, 1.54) is 6.07 Å². The summed E-state index contributed by atoms with van der Waals surface area (Å²) in [6.07, 6.45) is 0.558. The Bertz CT molecular complexity index is 926. The number of aromatic nitrogens is 2. The number of nitrogens with one attached hydrogen (secondary N) is 1. The predicted molar refractivity (Wildman–Crippen MR) is 85.4 cm³/mol. The zero-order valence-electron chi connectivity index (χ0n) is 12.1. The minimum absolute atomic E-state index is 0.126. The van der Waals surface area contributed by atoms with Gasteiger partial charge in [0.15, 0.2) is 0 Å². The average Bonchev–Trinajstić information content (AvgIpc) is 2.47. The van der Waals surface area contributed by atoms with Crippen molar-refractivity contribution >= 4 is 10.9 Å². The lowest BCUT2D eigenvalue weighted by Gasteiger charge is -2.15. The van der Waals surface area contributed by atoms with E-state index in [1.807, 2.05) is 37.3 Å². The molecular weight excluding hydrogens is 280 g/mol.